The molecule has 0 unspecified atom stereocenters. The molecule has 0 fully saturated rings. The summed E-state index contributed by atoms with van der Waals surface area (Å²) >= 11 is 1.67. The van der Waals surface area contributed by atoms with Crippen molar-refractivity contribution in [2.45, 2.75) is 17.7 Å². The van der Waals surface area contributed by atoms with Gasteiger partial charge in [0.05, 0.1) is 0 Å². The van der Waals surface area contributed by atoms with E-state index in [4.69, 9.17) is 0 Å². The second-order valence-corrected chi connectivity index (χ2v) is 5.32. The summed E-state index contributed by atoms with van der Waals surface area (Å²) in [4.78, 5) is 13.0. The lowest BCUT2D eigenvalue weighted by atomic mass is 10.1. The molecule has 2 aromatic carbocycles. The van der Waals surface area contributed by atoms with E-state index in [0.717, 1.165) is 11.3 Å². The normalized spacial score (nSPS) is 10.2. The standard InChI is InChI=1S/C16H17NO2S/c1-20-15-9-5-13(6-10-15)17-16(19)11-4-12-2-7-14(18)8-3-12/h2-3,5-10,18H,4,11H2,1H3,(H,17,19). The van der Waals surface area contributed by atoms with E-state index in [1.807, 2.05) is 42.7 Å². The zero-order valence-electron chi connectivity index (χ0n) is 11.3. The lowest BCUT2D eigenvalue weighted by Gasteiger charge is -2.06. The van der Waals surface area contributed by atoms with Crippen LogP contribution < -0.4 is 5.32 Å². The molecule has 1 amide bonds. The van der Waals surface area contributed by atoms with Gasteiger partial charge in [-0.2, -0.15) is 0 Å². The van der Waals surface area contributed by atoms with E-state index in [1.165, 1.54) is 4.90 Å². The Labute approximate surface area is 123 Å². The molecule has 20 heavy (non-hydrogen) atoms. The zero-order valence-corrected chi connectivity index (χ0v) is 12.1. The fourth-order valence-corrected chi connectivity index (χ4v) is 2.23. The van der Waals surface area contributed by atoms with Gasteiger partial charge in [0.2, 0.25) is 5.91 Å². The van der Waals surface area contributed by atoms with Crippen molar-refractivity contribution in [3.8, 4) is 5.75 Å². The molecule has 0 aliphatic rings. The van der Waals surface area contributed by atoms with Crippen LogP contribution in [-0.4, -0.2) is 17.3 Å². The van der Waals surface area contributed by atoms with Gasteiger partial charge in [0.1, 0.15) is 5.75 Å². The van der Waals surface area contributed by atoms with Gasteiger partial charge in [-0.05, 0) is 54.6 Å². The smallest absolute Gasteiger partial charge is 0.224 e. The van der Waals surface area contributed by atoms with Crippen LogP contribution in [0.1, 0.15) is 12.0 Å². The average Bonchev–Trinajstić information content (AvgIpc) is 2.47. The lowest BCUT2D eigenvalue weighted by Crippen LogP contribution is -2.12. The predicted molar refractivity (Wildman–Crippen MR) is 83.3 cm³/mol. The molecule has 4 heteroatoms. The Bertz CT molecular complexity index is 564. The highest BCUT2D eigenvalue weighted by atomic mass is 32.2. The highest BCUT2D eigenvalue weighted by Gasteiger charge is 2.03. The summed E-state index contributed by atoms with van der Waals surface area (Å²) in [6.07, 6.45) is 3.11. The van der Waals surface area contributed by atoms with Crippen LogP contribution in [0.3, 0.4) is 0 Å². The number of carbonyl (C=O) groups excluding carboxylic acids is 1. The summed E-state index contributed by atoms with van der Waals surface area (Å²) < 4.78 is 0. The predicted octanol–water partition coefficient (Wildman–Crippen LogP) is 3.69. The molecule has 0 heterocycles. The summed E-state index contributed by atoms with van der Waals surface area (Å²) in [5.41, 5.74) is 1.86. The van der Waals surface area contributed by atoms with Gasteiger partial charge >= 0.3 is 0 Å². The van der Waals surface area contributed by atoms with Crippen LogP contribution in [0.25, 0.3) is 0 Å². The minimum Gasteiger partial charge on any atom is -0.508 e. The van der Waals surface area contributed by atoms with Crippen LogP contribution >= 0.6 is 11.8 Å². The van der Waals surface area contributed by atoms with Gasteiger partial charge < -0.3 is 10.4 Å². The molecule has 104 valence electrons. The number of phenolic OH excluding ortho intramolecular Hbond substituents is 1. The highest BCUT2D eigenvalue weighted by molar-refractivity contribution is 7.98. The fraction of sp³-hybridized carbons (Fsp3) is 0.188. The van der Waals surface area contributed by atoms with Gasteiger partial charge in [-0.3, -0.25) is 4.79 Å². The van der Waals surface area contributed by atoms with Crippen molar-refractivity contribution >= 4 is 23.4 Å². The molecule has 0 aliphatic carbocycles. The molecule has 0 atom stereocenters. The van der Waals surface area contributed by atoms with Crippen LogP contribution in [0.2, 0.25) is 0 Å². The van der Waals surface area contributed by atoms with Crippen LogP contribution in [0.15, 0.2) is 53.4 Å². The summed E-state index contributed by atoms with van der Waals surface area (Å²) in [6, 6.07) is 14.7. The molecule has 0 aliphatic heterocycles. The number of hydrogen-bond donors (Lipinski definition) is 2. The number of rotatable bonds is 5. The summed E-state index contributed by atoms with van der Waals surface area (Å²) in [6.45, 7) is 0. The lowest BCUT2D eigenvalue weighted by molar-refractivity contribution is -0.116. The van der Waals surface area contributed by atoms with Crippen molar-refractivity contribution in [3.05, 3.63) is 54.1 Å². The van der Waals surface area contributed by atoms with Crippen molar-refractivity contribution in [1.82, 2.24) is 0 Å². The van der Waals surface area contributed by atoms with Gasteiger partial charge in [0, 0.05) is 17.0 Å². The topological polar surface area (TPSA) is 49.3 Å². The van der Waals surface area contributed by atoms with Crippen molar-refractivity contribution in [2.75, 3.05) is 11.6 Å². The number of anilines is 1. The molecule has 3 nitrogen and oxygen atoms in total. The molecule has 0 spiro atoms. The zero-order chi connectivity index (χ0) is 14.4. The first-order valence-corrected chi connectivity index (χ1v) is 7.61. The molecule has 0 radical (unpaired) electrons. The van der Waals surface area contributed by atoms with E-state index in [1.54, 1.807) is 23.9 Å². The van der Waals surface area contributed by atoms with Crippen molar-refractivity contribution in [1.29, 1.82) is 0 Å². The summed E-state index contributed by atoms with van der Waals surface area (Å²) in [7, 11) is 0. The SMILES string of the molecule is CSc1ccc(NC(=O)CCc2ccc(O)cc2)cc1. The Morgan fingerprint density at radius 3 is 2.35 bits per heavy atom. The molecule has 0 saturated heterocycles. The van der Waals surface area contributed by atoms with Crippen molar-refractivity contribution in [3.63, 3.8) is 0 Å². The first kappa shape index (κ1) is 14.5. The van der Waals surface area contributed by atoms with Crippen LogP contribution in [0.4, 0.5) is 5.69 Å². The fourth-order valence-electron chi connectivity index (χ4n) is 1.82. The molecule has 2 aromatic rings. The molecule has 2 rings (SSSR count). The van der Waals surface area contributed by atoms with Crippen molar-refractivity contribution in [2.24, 2.45) is 0 Å². The number of aryl methyl sites for hydroxylation is 1. The molecule has 0 saturated carbocycles. The highest BCUT2D eigenvalue weighted by Crippen LogP contribution is 2.18. The molecule has 2 N–H and O–H groups in total. The second kappa shape index (κ2) is 7.01. The van der Waals surface area contributed by atoms with Crippen LogP contribution in [0.5, 0.6) is 5.75 Å². The molecular weight excluding hydrogens is 270 g/mol. The van der Waals surface area contributed by atoms with Gasteiger partial charge in [-0.25, -0.2) is 0 Å². The Morgan fingerprint density at radius 1 is 1.10 bits per heavy atom. The number of nitrogens with one attached hydrogen (secondary N) is 1. The van der Waals surface area contributed by atoms with E-state index in [0.29, 0.717) is 12.8 Å². The van der Waals surface area contributed by atoms with Gasteiger partial charge in [0.25, 0.3) is 0 Å². The monoisotopic (exact) mass is 287 g/mol. The number of hydrogen-bond acceptors (Lipinski definition) is 3. The summed E-state index contributed by atoms with van der Waals surface area (Å²) in [5, 5.41) is 12.1. The molecule has 0 aromatic heterocycles. The van der Waals surface area contributed by atoms with Crippen molar-refractivity contribution < 1.29 is 9.90 Å². The minimum absolute atomic E-state index is 0.00465. The Balaban J connectivity index is 1.84. The number of benzene rings is 2. The largest absolute Gasteiger partial charge is 0.508 e. The number of phenols is 1. The summed E-state index contributed by atoms with van der Waals surface area (Å²) in [5.74, 6) is 0.238. The van der Waals surface area contributed by atoms with Crippen LogP contribution in [0, 0.1) is 0 Å². The Kier molecular flexibility index (Phi) is 5.07. The van der Waals surface area contributed by atoms with E-state index in [2.05, 4.69) is 5.32 Å². The third-order valence-corrected chi connectivity index (χ3v) is 3.69. The maximum atomic E-state index is 11.8. The second-order valence-electron chi connectivity index (χ2n) is 4.44. The maximum Gasteiger partial charge on any atom is 0.224 e. The number of thioether (sulfide) groups is 1. The number of aromatic hydroxyl groups is 1. The number of amides is 1. The Hall–Kier alpha value is -1.94. The maximum absolute atomic E-state index is 11.8. The van der Waals surface area contributed by atoms with Gasteiger partial charge in [-0.15, -0.1) is 11.8 Å². The van der Waals surface area contributed by atoms with E-state index in [9.17, 15) is 9.90 Å². The van der Waals surface area contributed by atoms with E-state index in [-0.39, 0.29) is 11.7 Å². The average molecular weight is 287 g/mol. The Morgan fingerprint density at radius 2 is 1.75 bits per heavy atom. The van der Waals surface area contributed by atoms with Gasteiger partial charge in [0.15, 0.2) is 0 Å². The quantitative estimate of drug-likeness (QED) is 0.825. The van der Waals surface area contributed by atoms with E-state index >= 15 is 0 Å². The third-order valence-electron chi connectivity index (χ3n) is 2.95. The molecular formula is C16H17NO2S. The number of carbonyl (C=O) groups is 1. The van der Waals surface area contributed by atoms with Gasteiger partial charge in [-0.1, -0.05) is 12.1 Å². The third kappa shape index (κ3) is 4.31. The molecule has 0 bridgehead atoms. The first-order chi connectivity index (χ1) is 9.67. The van der Waals surface area contributed by atoms with Crippen LogP contribution in [-0.2, 0) is 11.2 Å². The van der Waals surface area contributed by atoms with E-state index < -0.39 is 0 Å². The minimum atomic E-state index is -0.00465. The first-order valence-electron chi connectivity index (χ1n) is 6.39.